The van der Waals surface area contributed by atoms with E-state index in [2.05, 4.69) is 13.8 Å². The van der Waals surface area contributed by atoms with Crippen LogP contribution in [0.1, 0.15) is 45.1 Å². The Labute approximate surface area is 152 Å². The second-order valence-corrected chi connectivity index (χ2v) is 5.90. The van der Waals surface area contributed by atoms with E-state index in [1.54, 1.807) is 26.4 Å². The lowest BCUT2D eigenvalue weighted by molar-refractivity contribution is -0.126. The number of unbranched alkanes of at least 4 members (excludes halogenated alkanes) is 2. The Morgan fingerprint density at radius 1 is 0.960 bits per heavy atom. The normalized spacial score (nSPS) is 11.2. The van der Waals surface area contributed by atoms with Crippen LogP contribution in [-0.4, -0.2) is 38.1 Å². The molecule has 138 valence electrons. The molecule has 0 spiro atoms. The standard InChI is InChI=1S/C21H31NO3/c1-5-7-13-22(14-8-6-2)21(23)12-10-9-11-18-15-19(24-3)17-20(16-18)25-4/h9-12,15-17H,5-8,13-14H2,1-4H3/b11-9+,12-10+. The fourth-order valence-electron chi connectivity index (χ4n) is 2.37. The summed E-state index contributed by atoms with van der Waals surface area (Å²) in [6.07, 6.45) is 11.5. The summed E-state index contributed by atoms with van der Waals surface area (Å²) in [6, 6.07) is 5.67. The molecular weight excluding hydrogens is 314 g/mol. The first-order valence-electron chi connectivity index (χ1n) is 9.01. The molecule has 0 aliphatic carbocycles. The zero-order chi connectivity index (χ0) is 18.5. The molecule has 0 bridgehead atoms. The number of allylic oxidation sites excluding steroid dienone is 2. The SMILES string of the molecule is CCCCN(CCCC)C(=O)/C=C/C=C/c1cc(OC)cc(OC)c1. The Morgan fingerprint density at radius 2 is 1.52 bits per heavy atom. The summed E-state index contributed by atoms with van der Waals surface area (Å²) in [7, 11) is 3.25. The van der Waals surface area contributed by atoms with Gasteiger partial charge >= 0.3 is 0 Å². The minimum Gasteiger partial charge on any atom is -0.497 e. The van der Waals surface area contributed by atoms with Crippen molar-refractivity contribution in [2.75, 3.05) is 27.3 Å². The van der Waals surface area contributed by atoms with Gasteiger partial charge in [0.25, 0.3) is 0 Å². The van der Waals surface area contributed by atoms with Crippen LogP contribution in [-0.2, 0) is 4.79 Å². The first kappa shape index (κ1) is 20.8. The predicted molar refractivity (Wildman–Crippen MR) is 104 cm³/mol. The fourth-order valence-corrected chi connectivity index (χ4v) is 2.37. The molecule has 0 saturated heterocycles. The van der Waals surface area contributed by atoms with Gasteiger partial charge in [-0.3, -0.25) is 4.79 Å². The largest absolute Gasteiger partial charge is 0.497 e. The van der Waals surface area contributed by atoms with E-state index in [-0.39, 0.29) is 5.91 Å². The van der Waals surface area contributed by atoms with E-state index >= 15 is 0 Å². The average molecular weight is 345 g/mol. The first-order chi connectivity index (χ1) is 12.1. The Kier molecular flexibility index (Phi) is 10.1. The van der Waals surface area contributed by atoms with Crippen LogP contribution >= 0.6 is 0 Å². The van der Waals surface area contributed by atoms with Gasteiger partial charge < -0.3 is 14.4 Å². The second kappa shape index (κ2) is 12.2. The third-order valence-electron chi connectivity index (χ3n) is 3.89. The molecule has 0 aliphatic rings. The lowest BCUT2D eigenvalue weighted by atomic mass is 10.2. The van der Waals surface area contributed by atoms with Crippen LogP contribution in [0.4, 0.5) is 0 Å². The van der Waals surface area contributed by atoms with Crippen LogP contribution < -0.4 is 9.47 Å². The van der Waals surface area contributed by atoms with E-state index in [1.807, 2.05) is 35.3 Å². The van der Waals surface area contributed by atoms with E-state index < -0.39 is 0 Å². The minimum atomic E-state index is 0.0785. The Hall–Kier alpha value is -2.23. The summed E-state index contributed by atoms with van der Waals surface area (Å²) in [5, 5.41) is 0. The van der Waals surface area contributed by atoms with E-state index in [9.17, 15) is 4.79 Å². The summed E-state index contributed by atoms with van der Waals surface area (Å²) in [6.45, 7) is 5.94. The molecule has 1 amide bonds. The van der Waals surface area contributed by atoms with Crippen LogP contribution in [0.25, 0.3) is 6.08 Å². The van der Waals surface area contributed by atoms with Gasteiger partial charge in [-0.25, -0.2) is 0 Å². The second-order valence-electron chi connectivity index (χ2n) is 5.90. The van der Waals surface area contributed by atoms with Gasteiger partial charge in [0, 0.05) is 25.2 Å². The van der Waals surface area contributed by atoms with Crippen molar-refractivity contribution in [3.63, 3.8) is 0 Å². The van der Waals surface area contributed by atoms with Crippen molar-refractivity contribution in [3.8, 4) is 11.5 Å². The number of nitrogens with zero attached hydrogens (tertiary/aromatic N) is 1. The highest BCUT2D eigenvalue weighted by Gasteiger charge is 2.08. The maximum atomic E-state index is 12.3. The number of carbonyl (C=O) groups excluding carboxylic acids is 1. The van der Waals surface area contributed by atoms with Crippen LogP contribution in [0, 0.1) is 0 Å². The van der Waals surface area contributed by atoms with Crippen molar-refractivity contribution in [1.29, 1.82) is 0 Å². The quantitative estimate of drug-likeness (QED) is 0.431. The number of methoxy groups -OCH3 is 2. The topological polar surface area (TPSA) is 38.8 Å². The van der Waals surface area contributed by atoms with Crippen molar-refractivity contribution in [3.05, 3.63) is 42.0 Å². The van der Waals surface area contributed by atoms with Gasteiger partial charge in [-0.15, -0.1) is 0 Å². The summed E-state index contributed by atoms with van der Waals surface area (Å²) in [4.78, 5) is 14.3. The number of hydrogen-bond acceptors (Lipinski definition) is 3. The first-order valence-corrected chi connectivity index (χ1v) is 9.01. The summed E-state index contributed by atoms with van der Waals surface area (Å²) in [5.74, 6) is 1.56. The molecule has 0 unspecified atom stereocenters. The lowest BCUT2D eigenvalue weighted by Gasteiger charge is -2.20. The van der Waals surface area contributed by atoms with Crippen LogP contribution in [0.5, 0.6) is 11.5 Å². The van der Waals surface area contributed by atoms with E-state index in [0.29, 0.717) is 0 Å². The Bertz CT molecular complexity index is 548. The maximum Gasteiger partial charge on any atom is 0.246 e. The molecule has 25 heavy (non-hydrogen) atoms. The fraction of sp³-hybridized carbons (Fsp3) is 0.476. The zero-order valence-electron chi connectivity index (χ0n) is 16.0. The number of amides is 1. The molecule has 0 aromatic heterocycles. The molecule has 4 heteroatoms. The van der Waals surface area contributed by atoms with E-state index in [0.717, 1.165) is 55.8 Å². The number of benzene rings is 1. The van der Waals surface area contributed by atoms with Gasteiger partial charge in [-0.05, 0) is 30.5 Å². The third-order valence-corrected chi connectivity index (χ3v) is 3.89. The number of ether oxygens (including phenoxy) is 2. The third kappa shape index (κ3) is 7.92. The summed E-state index contributed by atoms with van der Waals surface area (Å²) in [5.41, 5.74) is 0.960. The highest BCUT2D eigenvalue weighted by Crippen LogP contribution is 2.23. The van der Waals surface area contributed by atoms with Gasteiger partial charge in [0.1, 0.15) is 11.5 Å². The summed E-state index contributed by atoms with van der Waals surface area (Å²) >= 11 is 0. The molecule has 1 aromatic rings. The lowest BCUT2D eigenvalue weighted by Crippen LogP contribution is -2.31. The van der Waals surface area contributed by atoms with Crippen molar-refractivity contribution in [2.24, 2.45) is 0 Å². The van der Waals surface area contributed by atoms with Gasteiger partial charge in [0.2, 0.25) is 5.91 Å². The van der Waals surface area contributed by atoms with Crippen LogP contribution in [0.15, 0.2) is 36.4 Å². The van der Waals surface area contributed by atoms with Gasteiger partial charge in [0.05, 0.1) is 14.2 Å². The molecule has 0 N–H and O–H groups in total. The monoisotopic (exact) mass is 345 g/mol. The highest BCUT2D eigenvalue weighted by atomic mass is 16.5. The molecule has 0 atom stereocenters. The van der Waals surface area contributed by atoms with Gasteiger partial charge in [-0.1, -0.05) is 44.9 Å². The van der Waals surface area contributed by atoms with E-state index in [4.69, 9.17) is 9.47 Å². The van der Waals surface area contributed by atoms with Gasteiger partial charge in [0.15, 0.2) is 0 Å². The van der Waals surface area contributed by atoms with Crippen molar-refractivity contribution < 1.29 is 14.3 Å². The Balaban J connectivity index is 2.70. The Morgan fingerprint density at radius 3 is 2.00 bits per heavy atom. The molecule has 0 saturated carbocycles. The highest BCUT2D eigenvalue weighted by molar-refractivity contribution is 5.88. The number of carbonyl (C=O) groups is 1. The van der Waals surface area contributed by atoms with E-state index in [1.165, 1.54) is 0 Å². The average Bonchev–Trinajstić information content (AvgIpc) is 2.64. The molecule has 1 aromatic carbocycles. The smallest absolute Gasteiger partial charge is 0.246 e. The predicted octanol–water partition coefficient (Wildman–Crippen LogP) is 4.70. The van der Waals surface area contributed by atoms with Crippen LogP contribution in [0.2, 0.25) is 0 Å². The van der Waals surface area contributed by atoms with Crippen LogP contribution in [0.3, 0.4) is 0 Å². The number of rotatable bonds is 11. The molecule has 0 fully saturated rings. The molecule has 0 radical (unpaired) electrons. The van der Waals surface area contributed by atoms with Crippen molar-refractivity contribution in [2.45, 2.75) is 39.5 Å². The molecule has 0 heterocycles. The number of hydrogen-bond donors (Lipinski definition) is 0. The maximum absolute atomic E-state index is 12.3. The molecule has 1 rings (SSSR count). The minimum absolute atomic E-state index is 0.0785. The zero-order valence-corrected chi connectivity index (χ0v) is 16.0. The molecule has 0 aliphatic heterocycles. The van der Waals surface area contributed by atoms with Gasteiger partial charge in [-0.2, -0.15) is 0 Å². The summed E-state index contributed by atoms with van der Waals surface area (Å²) < 4.78 is 10.5. The van der Waals surface area contributed by atoms with Crippen molar-refractivity contribution in [1.82, 2.24) is 4.90 Å². The molecule has 4 nitrogen and oxygen atoms in total. The molecular formula is C21H31NO3. The van der Waals surface area contributed by atoms with Crippen molar-refractivity contribution >= 4 is 12.0 Å².